The number of cyclic esters (lactones) is 1. The number of aromatic nitrogens is 3. The zero-order valence-corrected chi connectivity index (χ0v) is 39.0. The van der Waals surface area contributed by atoms with Gasteiger partial charge in [0, 0.05) is 65.6 Å². The molecule has 4 N–H and O–H groups in total. The number of Topliss-reactive ketones (excluding diaryl/α,β-unsaturated/α-hetero) is 1. The number of aliphatic hydroxyl groups excluding tert-OH is 2. The summed E-state index contributed by atoms with van der Waals surface area (Å²) in [6.07, 6.45) is 4.38. The van der Waals surface area contributed by atoms with Crippen LogP contribution in [0.4, 0.5) is 4.79 Å². The lowest BCUT2D eigenvalue weighted by molar-refractivity contribution is -0.160. The Morgan fingerprint density at radius 1 is 0.875 bits per heavy atom. The summed E-state index contributed by atoms with van der Waals surface area (Å²) < 4.78 is 52.3. The van der Waals surface area contributed by atoms with Crippen molar-refractivity contribution in [3.63, 3.8) is 0 Å². The molecule has 0 saturated heterocycles. The Labute approximate surface area is 375 Å². The molecule has 4 rings (SSSR count). The third-order valence-electron chi connectivity index (χ3n) is 12.7. The van der Waals surface area contributed by atoms with Gasteiger partial charge in [0.2, 0.25) is 17.7 Å². The molecular weight excluding hydrogens is 833 g/mol. The highest BCUT2D eigenvalue weighted by Crippen LogP contribution is 2.34. The van der Waals surface area contributed by atoms with Gasteiger partial charge in [-0.1, -0.05) is 47.6 Å². The Morgan fingerprint density at radius 3 is 2.22 bits per heavy atom. The highest BCUT2D eigenvalue weighted by molar-refractivity contribution is 5.81. The second-order valence-electron chi connectivity index (χ2n) is 17.4. The van der Waals surface area contributed by atoms with Crippen LogP contribution >= 0.6 is 0 Å². The van der Waals surface area contributed by atoms with E-state index in [4.69, 9.17) is 47.4 Å². The molecule has 0 fully saturated rings. The van der Waals surface area contributed by atoms with E-state index in [9.17, 15) is 24.6 Å². The van der Waals surface area contributed by atoms with Crippen LogP contribution in [0.2, 0.25) is 0 Å². The SMILES string of the molecule is COC(CC1OC(=O)CC(OC(N)=O)CC(C)CC(O)C(C)C(OC)c2coc(n2)-c2coc(n2)-c2coc(n2)/C=C/CC(OC)C1C)C(C)CCC(=O)C(C)C(OC)C(C)CCO. The molecular formula is C46H70N4O14. The third kappa shape index (κ3) is 14.5. The number of methoxy groups -OCH3 is 4. The molecule has 3 aromatic heterocycles. The van der Waals surface area contributed by atoms with Gasteiger partial charge in [0.1, 0.15) is 48.6 Å². The van der Waals surface area contributed by atoms with Crippen LogP contribution < -0.4 is 5.73 Å². The molecule has 0 spiro atoms. The standard InChI is InChI=1S/C46H70N4O14/c1-25-18-31(63-46(47)55)20-41(54)64-39(21-38(57-8)26(2)14-15-35(52)28(4)42(58-9)27(3)16-17-51)30(6)37(56-7)12-11-13-40-48-33(23-60-40)44-50-34(24-62-44)45-49-32(22-61-45)43(59-10)29(5)36(53)19-25/h11,13,22-31,36-39,42-43,51,53H,12,14-21H2,1-10H3,(H2,47,55)/b13-11+. The monoisotopic (exact) mass is 902 g/mol. The lowest BCUT2D eigenvalue weighted by Crippen LogP contribution is -2.39. The molecule has 64 heavy (non-hydrogen) atoms. The number of nitrogens with two attached hydrogens (primary N) is 1. The number of primary amides is 1. The summed E-state index contributed by atoms with van der Waals surface area (Å²) in [5.74, 6) is -1.54. The first kappa shape index (κ1) is 52.2. The number of oxazole rings is 3. The lowest BCUT2D eigenvalue weighted by atomic mass is 9.84. The van der Waals surface area contributed by atoms with E-state index in [-0.39, 0.29) is 91.9 Å². The molecule has 18 heteroatoms. The summed E-state index contributed by atoms with van der Waals surface area (Å²) >= 11 is 0. The molecule has 0 radical (unpaired) electrons. The highest BCUT2D eigenvalue weighted by atomic mass is 16.6. The summed E-state index contributed by atoms with van der Waals surface area (Å²) in [5.41, 5.74) is 6.59. The van der Waals surface area contributed by atoms with Gasteiger partial charge in [0.25, 0.3) is 0 Å². The normalized spacial score (nSPS) is 26.9. The number of carbonyl (C=O) groups is 3. The van der Waals surface area contributed by atoms with Gasteiger partial charge >= 0.3 is 12.1 Å². The summed E-state index contributed by atoms with van der Waals surface area (Å²) in [7, 11) is 6.25. The van der Waals surface area contributed by atoms with E-state index >= 15 is 0 Å². The first-order chi connectivity index (χ1) is 30.5. The number of nitrogens with zero attached hydrogens (tertiary/aromatic N) is 3. The first-order valence-corrected chi connectivity index (χ1v) is 22.2. The van der Waals surface area contributed by atoms with Crippen molar-refractivity contribution in [2.75, 3.05) is 35.0 Å². The predicted octanol–water partition coefficient (Wildman–Crippen LogP) is 6.98. The van der Waals surface area contributed by atoms with Gasteiger partial charge in [0.15, 0.2) is 11.4 Å². The smallest absolute Gasteiger partial charge is 0.404 e. The van der Waals surface area contributed by atoms with Crippen molar-refractivity contribution in [2.45, 2.75) is 136 Å². The van der Waals surface area contributed by atoms with Crippen LogP contribution in [0.15, 0.2) is 38.1 Å². The summed E-state index contributed by atoms with van der Waals surface area (Å²) in [5, 5.41) is 20.9. The van der Waals surface area contributed by atoms with Crippen molar-refractivity contribution in [1.29, 1.82) is 0 Å². The molecule has 1 aliphatic rings. The van der Waals surface area contributed by atoms with E-state index in [1.807, 2.05) is 47.6 Å². The summed E-state index contributed by atoms with van der Waals surface area (Å²) in [4.78, 5) is 53.0. The van der Waals surface area contributed by atoms with E-state index in [0.717, 1.165) is 0 Å². The number of fused-ring (bicyclic) bond motifs is 8. The fraction of sp³-hybridized carbons (Fsp3) is 0.696. The van der Waals surface area contributed by atoms with Gasteiger partial charge in [-0.15, -0.1) is 0 Å². The zero-order chi connectivity index (χ0) is 47.1. The van der Waals surface area contributed by atoms with Gasteiger partial charge in [0.05, 0.1) is 30.8 Å². The molecule has 13 atom stereocenters. The van der Waals surface area contributed by atoms with Crippen LogP contribution in [0.3, 0.4) is 0 Å². The van der Waals surface area contributed by atoms with Gasteiger partial charge in [-0.05, 0) is 55.9 Å². The minimum atomic E-state index is -1.05. The fourth-order valence-electron chi connectivity index (χ4n) is 8.70. The second kappa shape index (κ2) is 25.3. The van der Waals surface area contributed by atoms with Crippen LogP contribution in [-0.4, -0.2) is 115 Å². The van der Waals surface area contributed by atoms with Crippen molar-refractivity contribution in [1.82, 2.24) is 15.0 Å². The number of aliphatic hydroxyl groups is 2. The second-order valence-corrected chi connectivity index (χ2v) is 17.4. The summed E-state index contributed by atoms with van der Waals surface area (Å²) in [6, 6.07) is 0. The Morgan fingerprint density at radius 2 is 1.56 bits per heavy atom. The minimum Gasteiger partial charge on any atom is -0.462 e. The van der Waals surface area contributed by atoms with Crippen LogP contribution in [-0.2, 0) is 38.0 Å². The van der Waals surface area contributed by atoms with Crippen molar-refractivity contribution < 1.29 is 66.3 Å². The number of hydrogen-bond donors (Lipinski definition) is 3. The van der Waals surface area contributed by atoms with E-state index in [1.165, 1.54) is 25.9 Å². The lowest BCUT2D eigenvalue weighted by Gasteiger charge is -2.34. The minimum absolute atomic E-state index is 0.00195. The quantitative estimate of drug-likeness (QED) is 0.123. The molecule has 1 aliphatic heterocycles. The maximum absolute atomic E-state index is 13.9. The molecule has 13 unspecified atom stereocenters. The van der Waals surface area contributed by atoms with Crippen LogP contribution in [0.5, 0.6) is 0 Å². The maximum Gasteiger partial charge on any atom is 0.404 e. The molecule has 4 heterocycles. The van der Waals surface area contributed by atoms with Gasteiger partial charge in [-0.3, -0.25) is 9.59 Å². The molecule has 6 bridgehead atoms. The fourth-order valence-corrected chi connectivity index (χ4v) is 8.70. The Kier molecular flexibility index (Phi) is 20.6. The van der Waals surface area contributed by atoms with Crippen molar-refractivity contribution >= 4 is 23.9 Å². The average Bonchev–Trinajstić information content (AvgIpc) is 4.05. The largest absolute Gasteiger partial charge is 0.462 e. The van der Waals surface area contributed by atoms with Crippen LogP contribution in [0.1, 0.15) is 111 Å². The van der Waals surface area contributed by atoms with E-state index in [2.05, 4.69) is 15.0 Å². The van der Waals surface area contributed by atoms with Crippen molar-refractivity contribution in [3.8, 4) is 23.2 Å². The number of esters is 1. The molecule has 3 aromatic rings. The molecule has 1 amide bonds. The maximum atomic E-state index is 13.9. The zero-order valence-electron chi connectivity index (χ0n) is 39.0. The highest BCUT2D eigenvalue weighted by Gasteiger charge is 2.36. The number of ketones is 1. The topological polar surface area (TPSA) is 251 Å². The predicted molar refractivity (Wildman–Crippen MR) is 233 cm³/mol. The number of ether oxygens (including phenoxy) is 6. The number of rotatable bonds is 16. The Balaban J connectivity index is 1.62. The molecule has 0 aromatic carbocycles. The Bertz CT molecular complexity index is 1910. The summed E-state index contributed by atoms with van der Waals surface area (Å²) in [6.45, 7) is 11.4. The molecule has 18 nitrogen and oxygen atoms in total. The Hall–Kier alpha value is -4.46. The van der Waals surface area contributed by atoms with E-state index in [1.54, 1.807) is 27.4 Å². The van der Waals surface area contributed by atoms with Crippen LogP contribution in [0.25, 0.3) is 29.2 Å². The van der Waals surface area contributed by atoms with Gasteiger partial charge in [-0.2, -0.15) is 0 Å². The van der Waals surface area contributed by atoms with E-state index in [0.29, 0.717) is 36.3 Å². The number of hydrogen-bond acceptors (Lipinski definition) is 17. The van der Waals surface area contributed by atoms with E-state index < -0.39 is 60.5 Å². The van der Waals surface area contributed by atoms with Crippen LogP contribution in [0, 0.1) is 35.5 Å². The first-order valence-electron chi connectivity index (χ1n) is 22.2. The molecule has 0 saturated carbocycles. The third-order valence-corrected chi connectivity index (χ3v) is 12.7. The molecule has 358 valence electrons. The average molecular weight is 903 g/mol. The van der Waals surface area contributed by atoms with Crippen molar-refractivity contribution in [2.24, 2.45) is 41.2 Å². The number of carbonyl (C=O) groups excluding carboxylic acids is 3. The van der Waals surface area contributed by atoms with Crippen molar-refractivity contribution in [3.05, 3.63) is 36.5 Å². The van der Waals surface area contributed by atoms with Gasteiger partial charge in [-0.25, -0.2) is 19.7 Å². The van der Waals surface area contributed by atoms with Gasteiger partial charge < -0.3 is 57.6 Å². The number of amides is 1. The molecule has 0 aliphatic carbocycles.